The molecule has 0 aromatic carbocycles. The zero-order valence-electron chi connectivity index (χ0n) is 20.2. The summed E-state index contributed by atoms with van der Waals surface area (Å²) in [5.41, 5.74) is 3.19. The molecule has 0 saturated heterocycles. The number of fused-ring (bicyclic) bond motifs is 1. The highest BCUT2D eigenvalue weighted by atomic mass is 16.3. The molecule has 3 saturated carbocycles. The summed E-state index contributed by atoms with van der Waals surface area (Å²) in [6.07, 6.45) is 14.2. The van der Waals surface area contributed by atoms with E-state index in [2.05, 4.69) is 38.7 Å². The van der Waals surface area contributed by atoms with Crippen LogP contribution < -0.4 is 0 Å². The highest BCUT2D eigenvalue weighted by Crippen LogP contribution is 2.59. The van der Waals surface area contributed by atoms with E-state index in [-0.39, 0.29) is 16.6 Å². The third-order valence-corrected chi connectivity index (χ3v) is 8.23. The molecule has 0 spiro atoms. The molecule has 0 aromatic heterocycles. The number of hydrogen-bond acceptors (Lipinski definition) is 3. The van der Waals surface area contributed by atoms with Crippen molar-refractivity contribution in [3.8, 4) is 0 Å². The standard InChI is InChI=1S/C28H42O3/c1-18(9-14-26(31)27(3,4)5)23-12-13-24-20(8-7-15-28(23,24)6)10-11-21-16-22(29)17-25(30)19(21)2/h9-11,14,18,22-25,29-30H,2,7-8,12-13,15-17H2,1,3-6H3/b14-9+,20-10+,21-11-/t18-,22-,23-,24+,25?,28-/m1/s1. The van der Waals surface area contributed by atoms with Crippen LogP contribution in [0.5, 0.6) is 0 Å². The van der Waals surface area contributed by atoms with Gasteiger partial charge in [0.15, 0.2) is 5.78 Å². The molecule has 0 heterocycles. The molecule has 1 unspecified atom stereocenters. The summed E-state index contributed by atoms with van der Waals surface area (Å²) in [5, 5.41) is 20.2. The molecule has 31 heavy (non-hydrogen) atoms. The van der Waals surface area contributed by atoms with Gasteiger partial charge in [-0.3, -0.25) is 4.79 Å². The lowest BCUT2D eigenvalue weighted by atomic mass is 9.61. The van der Waals surface area contributed by atoms with Crippen molar-refractivity contribution >= 4 is 5.78 Å². The van der Waals surface area contributed by atoms with Gasteiger partial charge in [-0.25, -0.2) is 0 Å². The van der Waals surface area contributed by atoms with Crippen molar-refractivity contribution < 1.29 is 15.0 Å². The number of ketones is 1. The molecule has 6 atom stereocenters. The van der Waals surface area contributed by atoms with Gasteiger partial charge < -0.3 is 10.2 Å². The lowest BCUT2D eigenvalue weighted by molar-refractivity contribution is -0.121. The van der Waals surface area contributed by atoms with Gasteiger partial charge in [-0.15, -0.1) is 0 Å². The van der Waals surface area contributed by atoms with Crippen molar-refractivity contribution in [3.63, 3.8) is 0 Å². The van der Waals surface area contributed by atoms with Crippen LogP contribution in [0.2, 0.25) is 0 Å². The summed E-state index contributed by atoms with van der Waals surface area (Å²) >= 11 is 0. The van der Waals surface area contributed by atoms with Crippen LogP contribution >= 0.6 is 0 Å². The molecule has 3 aliphatic carbocycles. The van der Waals surface area contributed by atoms with E-state index in [4.69, 9.17) is 0 Å². The van der Waals surface area contributed by atoms with Gasteiger partial charge in [0.05, 0.1) is 12.2 Å². The van der Waals surface area contributed by atoms with E-state index in [1.807, 2.05) is 26.8 Å². The first kappa shape index (κ1) is 24.2. The van der Waals surface area contributed by atoms with Crippen LogP contribution in [-0.4, -0.2) is 28.2 Å². The van der Waals surface area contributed by atoms with Crippen LogP contribution in [-0.2, 0) is 4.79 Å². The van der Waals surface area contributed by atoms with Gasteiger partial charge in [0.2, 0.25) is 0 Å². The molecule has 3 nitrogen and oxygen atoms in total. The Hall–Kier alpha value is -1.45. The van der Waals surface area contributed by atoms with Crippen LogP contribution in [0.4, 0.5) is 0 Å². The molecule has 3 fully saturated rings. The Bertz CT molecular complexity index is 794. The molecule has 172 valence electrons. The number of carbonyl (C=O) groups excluding carboxylic acids is 1. The minimum Gasteiger partial charge on any atom is -0.393 e. The van der Waals surface area contributed by atoms with Crippen molar-refractivity contribution in [2.45, 2.75) is 91.8 Å². The molecule has 0 amide bonds. The van der Waals surface area contributed by atoms with Crippen LogP contribution in [0.1, 0.15) is 79.6 Å². The molecule has 2 N–H and O–H groups in total. The Balaban J connectivity index is 1.77. The second kappa shape index (κ2) is 9.19. The van der Waals surface area contributed by atoms with Gasteiger partial charge in [0, 0.05) is 11.8 Å². The summed E-state index contributed by atoms with van der Waals surface area (Å²) in [6, 6.07) is 0. The summed E-state index contributed by atoms with van der Waals surface area (Å²) in [4.78, 5) is 12.4. The summed E-state index contributed by atoms with van der Waals surface area (Å²) in [5.74, 6) is 1.75. The van der Waals surface area contributed by atoms with Crippen molar-refractivity contribution in [2.75, 3.05) is 0 Å². The zero-order chi connectivity index (χ0) is 23.0. The fourth-order valence-corrected chi connectivity index (χ4v) is 6.23. The highest BCUT2D eigenvalue weighted by Gasteiger charge is 2.50. The Morgan fingerprint density at radius 3 is 2.61 bits per heavy atom. The third kappa shape index (κ3) is 5.14. The average molecular weight is 427 g/mol. The van der Waals surface area contributed by atoms with Crippen LogP contribution in [0.3, 0.4) is 0 Å². The van der Waals surface area contributed by atoms with E-state index in [0.29, 0.717) is 30.6 Å². The van der Waals surface area contributed by atoms with Crippen LogP contribution in [0, 0.1) is 28.6 Å². The molecular weight excluding hydrogens is 384 g/mol. The van der Waals surface area contributed by atoms with E-state index >= 15 is 0 Å². The maximum Gasteiger partial charge on any atom is 0.160 e. The van der Waals surface area contributed by atoms with Crippen molar-refractivity contribution in [3.05, 3.63) is 47.6 Å². The lowest BCUT2D eigenvalue weighted by Gasteiger charge is -2.44. The second-order valence-corrected chi connectivity index (χ2v) is 11.5. The van der Waals surface area contributed by atoms with Crippen molar-refractivity contribution in [1.29, 1.82) is 0 Å². The largest absolute Gasteiger partial charge is 0.393 e. The Labute approximate surface area is 189 Å². The van der Waals surface area contributed by atoms with Gasteiger partial charge in [-0.2, -0.15) is 0 Å². The molecule has 3 heteroatoms. The highest BCUT2D eigenvalue weighted by molar-refractivity contribution is 5.93. The monoisotopic (exact) mass is 426 g/mol. The van der Waals surface area contributed by atoms with E-state index < -0.39 is 12.2 Å². The molecule has 0 aliphatic heterocycles. The Morgan fingerprint density at radius 1 is 1.23 bits per heavy atom. The minimum absolute atomic E-state index is 0.201. The Kier molecular flexibility index (Phi) is 7.18. The van der Waals surface area contributed by atoms with Crippen molar-refractivity contribution in [1.82, 2.24) is 0 Å². The normalized spacial score (nSPS) is 38.1. The molecule has 0 bridgehead atoms. The molecule has 3 rings (SSSR count). The number of rotatable bonds is 4. The summed E-state index contributed by atoms with van der Waals surface area (Å²) in [6.45, 7) is 14.7. The van der Waals surface area contributed by atoms with Crippen LogP contribution in [0.25, 0.3) is 0 Å². The molecule has 0 radical (unpaired) electrons. The van der Waals surface area contributed by atoms with Gasteiger partial charge in [-0.1, -0.05) is 65.0 Å². The van der Waals surface area contributed by atoms with E-state index in [0.717, 1.165) is 17.6 Å². The maximum atomic E-state index is 12.4. The predicted octanol–water partition coefficient (Wildman–Crippen LogP) is 5.93. The molecular formula is C28H42O3. The number of carbonyl (C=O) groups is 1. The predicted molar refractivity (Wildman–Crippen MR) is 127 cm³/mol. The van der Waals surface area contributed by atoms with Gasteiger partial charge in [-0.05, 0) is 78.9 Å². The van der Waals surface area contributed by atoms with Crippen molar-refractivity contribution in [2.24, 2.45) is 28.6 Å². The lowest BCUT2D eigenvalue weighted by Crippen LogP contribution is -2.35. The SMILES string of the molecule is C=C1/C(=C\C=C2/CCC[C@]3(C)[C@@H]([C@H](C)/C=C/C(=O)C(C)(C)C)CC[C@@H]23)C[C@@H](O)CC1O. The number of aliphatic hydroxyl groups is 2. The van der Waals surface area contributed by atoms with Gasteiger partial charge in [0.25, 0.3) is 0 Å². The van der Waals surface area contributed by atoms with Gasteiger partial charge in [0.1, 0.15) is 0 Å². The third-order valence-electron chi connectivity index (χ3n) is 8.23. The van der Waals surface area contributed by atoms with E-state index in [1.165, 1.54) is 31.3 Å². The first-order valence-corrected chi connectivity index (χ1v) is 12.1. The number of aliphatic hydroxyl groups excluding tert-OH is 2. The first-order chi connectivity index (χ1) is 14.4. The zero-order valence-corrected chi connectivity index (χ0v) is 20.2. The Morgan fingerprint density at radius 2 is 1.94 bits per heavy atom. The fourth-order valence-electron chi connectivity index (χ4n) is 6.23. The van der Waals surface area contributed by atoms with Crippen LogP contribution in [0.15, 0.2) is 47.6 Å². The van der Waals surface area contributed by atoms with Gasteiger partial charge >= 0.3 is 0 Å². The number of hydrogen-bond donors (Lipinski definition) is 2. The number of allylic oxidation sites excluding steroid dienone is 5. The summed E-state index contributed by atoms with van der Waals surface area (Å²) < 4.78 is 0. The first-order valence-electron chi connectivity index (χ1n) is 12.1. The summed E-state index contributed by atoms with van der Waals surface area (Å²) in [7, 11) is 0. The smallest absolute Gasteiger partial charge is 0.160 e. The molecule has 0 aromatic rings. The molecule has 3 aliphatic rings. The van der Waals surface area contributed by atoms with E-state index in [1.54, 1.807) is 0 Å². The second-order valence-electron chi connectivity index (χ2n) is 11.5. The topological polar surface area (TPSA) is 57.5 Å². The maximum absolute atomic E-state index is 12.4. The quantitative estimate of drug-likeness (QED) is 0.547. The fraction of sp³-hybridized carbons (Fsp3) is 0.679. The minimum atomic E-state index is -0.635. The average Bonchev–Trinajstić information content (AvgIpc) is 3.04. The van der Waals surface area contributed by atoms with E-state index in [9.17, 15) is 15.0 Å².